The van der Waals surface area contributed by atoms with Gasteiger partial charge in [0.1, 0.15) is 0 Å². The van der Waals surface area contributed by atoms with Crippen molar-refractivity contribution in [3.63, 3.8) is 0 Å². The number of carboxylic acid groups (broad SMARTS) is 1. The van der Waals surface area contributed by atoms with E-state index >= 15 is 0 Å². The predicted molar refractivity (Wildman–Crippen MR) is 92.5 cm³/mol. The number of aromatic nitrogens is 1. The number of benzene rings is 2. The predicted octanol–water partition coefficient (Wildman–Crippen LogP) is 5.10. The SMILES string of the molecule is O=C(O)Cc1cccc(-c2ccc(Oc3ncc(Cl)cc3F)c(F)c2)c1. The number of nitrogens with zero attached hydrogens (tertiary/aromatic N) is 1. The average Bonchev–Trinajstić information content (AvgIpc) is 2.58. The quantitative estimate of drug-likeness (QED) is 0.674. The molecular formula is C19H12ClF2NO3. The summed E-state index contributed by atoms with van der Waals surface area (Å²) in [5, 5.41) is 8.97. The van der Waals surface area contributed by atoms with Crippen LogP contribution in [0.5, 0.6) is 11.6 Å². The van der Waals surface area contributed by atoms with Crippen LogP contribution in [0.2, 0.25) is 5.02 Å². The van der Waals surface area contributed by atoms with E-state index in [9.17, 15) is 13.6 Å². The summed E-state index contributed by atoms with van der Waals surface area (Å²) in [4.78, 5) is 14.5. The fourth-order valence-corrected chi connectivity index (χ4v) is 2.52. The third-order valence-electron chi connectivity index (χ3n) is 3.53. The first-order chi connectivity index (χ1) is 12.4. The lowest BCUT2D eigenvalue weighted by atomic mass is 10.0. The highest BCUT2D eigenvalue weighted by molar-refractivity contribution is 6.30. The lowest BCUT2D eigenvalue weighted by molar-refractivity contribution is -0.136. The van der Waals surface area contributed by atoms with Crippen molar-refractivity contribution in [1.82, 2.24) is 4.98 Å². The van der Waals surface area contributed by atoms with E-state index in [1.165, 1.54) is 18.3 Å². The van der Waals surface area contributed by atoms with Crippen molar-refractivity contribution < 1.29 is 23.4 Å². The molecule has 1 N–H and O–H groups in total. The highest BCUT2D eigenvalue weighted by Crippen LogP contribution is 2.30. The second kappa shape index (κ2) is 7.49. The number of pyridine rings is 1. The summed E-state index contributed by atoms with van der Waals surface area (Å²) in [6.07, 6.45) is 1.07. The van der Waals surface area contributed by atoms with Gasteiger partial charge >= 0.3 is 5.97 Å². The molecule has 3 aromatic rings. The van der Waals surface area contributed by atoms with E-state index in [2.05, 4.69) is 4.98 Å². The van der Waals surface area contributed by atoms with Crippen LogP contribution in [-0.2, 0) is 11.2 Å². The third-order valence-corrected chi connectivity index (χ3v) is 3.73. The summed E-state index contributed by atoms with van der Waals surface area (Å²) < 4.78 is 33.2. The molecule has 0 spiro atoms. The minimum Gasteiger partial charge on any atom is -0.481 e. The topological polar surface area (TPSA) is 59.4 Å². The van der Waals surface area contributed by atoms with Crippen LogP contribution in [-0.4, -0.2) is 16.1 Å². The Bertz CT molecular complexity index is 979. The van der Waals surface area contributed by atoms with Crippen LogP contribution < -0.4 is 4.74 Å². The lowest BCUT2D eigenvalue weighted by Gasteiger charge is -2.09. The van der Waals surface area contributed by atoms with Crippen molar-refractivity contribution in [2.45, 2.75) is 6.42 Å². The molecule has 0 bridgehead atoms. The number of hydrogen-bond donors (Lipinski definition) is 1. The van der Waals surface area contributed by atoms with Crippen molar-refractivity contribution in [2.75, 3.05) is 0 Å². The van der Waals surface area contributed by atoms with E-state index in [-0.39, 0.29) is 23.1 Å². The molecule has 3 rings (SSSR count). The molecule has 0 unspecified atom stereocenters. The van der Waals surface area contributed by atoms with Crippen LogP contribution in [0.25, 0.3) is 11.1 Å². The largest absolute Gasteiger partial charge is 0.481 e. The number of rotatable bonds is 5. The van der Waals surface area contributed by atoms with Gasteiger partial charge in [-0.1, -0.05) is 41.9 Å². The minimum atomic E-state index is -0.949. The third kappa shape index (κ3) is 4.15. The fraction of sp³-hybridized carbons (Fsp3) is 0.0526. The van der Waals surface area contributed by atoms with Gasteiger partial charge in [0.25, 0.3) is 5.88 Å². The first-order valence-electron chi connectivity index (χ1n) is 7.52. The van der Waals surface area contributed by atoms with E-state index in [1.54, 1.807) is 30.3 Å². The second-order valence-corrected chi connectivity index (χ2v) is 5.90. The van der Waals surface area contributed by atoms with E-state index in [4.69, 9.17) is 21.4 Å². The summed E-state index contributed by atoms with van der Waals surface area (Å²) in [6.45, 7) is 0. The molecule has 7 heteroatoms. The molecule has 0 aliphatic rings. The zero-order valence-corrected chi connectivity index (χ0v) is 14.0. The first-order valence-corrected chi connectivity index (χ1v) is 7.90. The molecule has 2 aromatic carbocycles. The van der Waals surface area contributed by atoms with Gasteiger partial charge in [-0.15, -0.1) is 0 Å². The number of aliphatic carboxylic acids is 1. The Morgan fingerprint density at radius 1 is 1.08 bits per heavy atom. The zero-order chi connectivity index (χ0) is 18.7. The summed E-state index contributed by atoms with van der Waals surface area (Å²) in [7, 11) is 0. The van der Waals surface area contributed by atoms with E-state index in [0.29, 0.717) is 16.7 Å². The summed E-state index contributed by atoms with van der Waals surface area (Å²) in [5.41, 5.74) is 1.79. The van der Waals surface area contributed by atoms with Gasteiger partial charge < -0.3 is 9.84 Å². The summed E-state index contributed by atoms with van der Waals surface area (Å²) >= 11 is 5.62. The minimum absolute atomic E-state index is 0.104. The molecule has 0 saturated heterocycles. The Morgan fingerprint density at radius 3 is 2.54 bits per heavy atom. The Balaban J connectivity index is 1.87. The monoisotopic (exact) mass is 375 g/mol. The maximum Gasteiger partial charge on any atom is 0.307 e. The molecule has 0 aliphatic carbocycles. The molecule has 132 valence electrons. The number of hydrogen-bond acceptors (Lipinski definition) is 3. The van der Waals surface area contributed by atoms with Crippen molar-refractivity contribution >= 4 is 17.6 Å². The molecule has 1 heterocycles. The number of halogens is 3. The molecule has 0 saturated carbocycles. The fourth-order valence-electron chi connectivity index (χ4n) is 2.38. The van der Waals surface area contributed by atoms with Crippen molar-refractivity contribution in [3.8, 4) is 22.8 Å². The molecule has 0 amide bonds. The summed E-state index contributed by atoms with van der Waals surface area (Å²) in [5.74, 6) is -3.03. The number of carboxylic acids is 1. The molecule has 1 aromatic heterocycles. The van der Waals surface area contributed by atoms with Gasteiger partial charge in [-0.3, -0.25) is 4.79 Å². The Hall–Kier alpha value is -2.99. The Kier molecular flexibility index (Phi) is 5.14. The van der Waals surface area contributed by atoms with Crippen molar-refractivity contribution in [1.29, 1.82) is 0 Å². The van der Waals surface area contributed by atoms with Crippen LogP contribution >= 0.6 is 11.6 Å². The Labute approximate surface area is 152 Å². The molecule has 0 fully saturated rings. The van der Waals surface area contributed by atoms with E-state index < -0.39 is 17.6 Å². The van der Waals surface area contributed by atoms with Gasteiger partial charge in [-0.25, -0.2) is 13.8 Å². The van der Waals surface area contributed by atoms with Crippen LogP contribution in [0.15, 0.2) is 54.7 Å². The zero-order valence-electron chi connectivity index (χ0n) is 13.2. The molecule has 26 heavy (non-hydrogen) atoms. The molecule has 4 nitrogen and oxygen atoms in total. The van der Waals surface area contributed by atoms with E-state index in [1.807, 2.05) is 0 Å². The molecule has 0 aliphatic heterocycles. The van der Waals surface area contributed by atoms with Gasteiger partial charge in [0.05, 0.1) is 11.4 Å². The normalized spacial score (nSPS) is 10.6. The van der Waals surface area contributed by atoms with E-state index in [0.717, 1.165) is 6.07 Å². The molecule has 0 atom stereocenters. The molecule has 0 radical (unpaired) electrons. The van der Waals surface area contributed by atoms with Crippen molar-refractivity contribution in [2.24, 2.45) is 0 Å². The second-order valence-electron chi connectivity index (χ2n) is 5.46. The smallest absolute Gasteiger partial charge is 0.307 e. The highest BCUT2D eigenvalue weighted by atomic mass is 35.5. The van der Waals surface area contributed by atoms with Gasteiger partial charge in [0.2, 0.25) is 0 Å². The maximum absolute atomic E-state index is 14.3. The highest BCUT2D eigenvalue weighted by Gasteiger charge is 2.12. The van der Waals surface area contributed by atoms with Crippen LogP contribution in [0.3, 0.4) is 0 Å². The standard InChI is InChI=1S/C19H12ClF2NO3/c20-14-9-16(22)19(23-10-14)26-17-5-4-13(8-15(17)21)12-3-1-2-11(6-12)7-18(24)25/h1-6,8-10H,7H2,(H,24,25). The van der Waals surface area contributed by atoms with Crippen molar-refractivity contribution in [3.05, 3.63) is 76.9 Å². The van der Waals surface area contributed by atoms with Gasteiger partial charge in [-0.05, 0) is 34.9 Å². The number of carbonyl (C=O) groups is 1. The first kappa shape index (κ1) is 17.8. The average molecular weight is 376 g/mol. The van der Waals surface area contributed by atoms with Gasteiger partial charge in [0.15, 0.2) is 17.4 Å². The van der Waals surface area contributed by atoms with Crippen LogP contribution in [0.1, 0.15) is 5.56 Å². The van der Waals surface area contributed by atoms with Crippen LogP contribution in [0.4, 0.5) is 8.78 Å². The maximum atomic E-state index is 14.3. The van der Waals surface area contributed by atoms with Gasteiger partial charge in [0, 0.05) is 6.20 Å². The van der Waals surface area contributed by atoms with Crippen LogP contribution in [0, 0.1) is 11.6 Å². The Morgan fingerprint density at radius 2 is 1.85 bits per heavy atom. The molecular weight excluding hydrogens is 364 g/mol. The summed E-state index contributed by atoms with van der Waals surface area (Å²) in [6, 6.07) is 12.0. The lowest BCUT2D eigenvalue weighted by Crippen LogP contribution is -1.99. The number of ether oxygens (including phenoxy) is 1. The van der Waals surface area contributed by atoms with Gasteiger partial charge in [-0.2, -0.15) is 0 Å².